The van der Waals surface area contributed by atoms with Gasteiger partial charge < -0.3 is 15.4 Å². The monoisotopic (exact) mass is 332 g/mol. The van der Waals surface area contributed by atoms with Crippen LogP contribution < -0.4 is 10.6 Å². The summed E-state index contributed by atoms with van der Waals surface area (Å²) in [4.78, 5) is 33.1. The quantitative estimate of drug-likeness (QED) is 0.184. The van der Waals surface area contributed by atoms with Gasteiger partial charge in [0.2, 0.25) is 0 Å². The Morgan fingerprint density at radius 3 is 2.58 bits per heavy atom. The number of hydrogen-bond acceptors (Lipinski definition) is 7. The van der Waals surface area contributed by atoms with Gasteiger partial charge in [-0.1, -0.05) is 0 Å². The maximum Gasteiger partial charge on any atom is 0.307 e. The lowest BCUT2D eigenvalue weighted by molar-refractivity contribution is -0.384. The molecule has 9 heteroatoms. The van der Waals surface area contributed by atoms with Crippen LogP contribution in [0.4, 0.5) is 11.4 Å². The van der Waals surface area contributed by atoms with Crippen LogP contribution in [0.1, 0.15) is 13.3 Å². The molecule has 1 rings (SSSR count). The Bertz CT molecular complexity index is 676. The highest BCUT2D eigenvalue weighted by Gasteiger charge is 2.11. The third-order valence-electron chi connectivity index (χ3n) is 2.73. The number of carbonyl (C=O) groups is 2. The van der Waals surface area contributed by atoms with Crippen LogP contribution in [0.5, 0.6) is 0 Å². The summed E-state index contributed by atoms with van der Waals surface area (Å²) in [6.07, 6.45) is 1.30. The van der Waals surface area contributed by atoms with E-state index in [2.05, 4.69) is 10.6 Å². The molecule has 0 aliphatic carbocycles. The minimum absolute atomic E-state index is 0.104. The van der Waals surface area contributed by atoms with Crippen molar-refractivity contribution in [3.05, 3.63) is 46.2 Å². The van der Waals surface area contributed by atoms with E-state index in [0.717, 1.165) is 0 Å². The highest BCUT2D eigenvalue weighted by molar-refractivity contribution is 6.06. The minimum atomic E-state index is -0.671. The number of carbonyl (C=O) groups excluding carboxylic acids is 2. The second-order valence-electron chi connectivity index (χ2n) is 4.44. The topological polar surface area (TPSA) is 134 Å². The lowest BCUT2D eigenvalue weighted by Gasteiger charge is -2.05. The number of nitrogens with zero attached hydrogens (tertiary/aromatic N) is 2. The molecule has 0 radical (unpaired) electrons. The molecule has 24 heavy (non-hydrogen) atoms. The summed E-state index contributed by atoms with van der Waals surface area (Å²) in [7, 11) is 0. The second-order valence-corrected chi connectivity index (χ2v) is 4.44. The van der Waals surface area contributed by atoms with E-state index in [1.54, 1.807) is 13.0 Å². The van der Waals surface area contributed by atoms with Crippen molar-refractivity contribution in [3.8, 4) is 6.07 Å². The maximum atomic E-state index is 11.9. The minimum Gasteiger partial charge on any atom is -0.466 e. The van der Waals surface area contributed by atoms with Gasteiger partial charge in [-0.15, -0.1) is 0 Å². The predicted octanol–water partition coefficient (Wildman–Crippen LogP) is 1.48. The molecule has 0 aliphatic rings. The first-order chi connectivity index (χ1) is 11.5. The van der Waals surface area contributed by atoms with Gasteiger partial charge in [0.1, 0.15) is 11.6 Å². The van der Waals surface area contributed by atoms with Crippen molar-refractivity contribution in [1.82, 2.24) is 5.32 Å². The van der Waals surface area contributed by atoms with Crippen LogP contribution in [0.3, 0.4) is 0 Å². The molecule has 0 atom stereocenters. The Balaban J connectivity index is 2.56. The fourth-order valence-electron chi connectivity index (χ4n) is 1.60. The average Bonchev–Trinajstić information content (AvgIpc) is 2.55. The Morgan fingerprint density at radius 2 is 2.04 bits per heavy atom. The van der Waals surface area contributed by atoms with Crippen molar-refractivity contribution in [2.75, 3.05) is 18.5 Å². The van der Waals surface area contributed by atoms with Gasteiger partial charge in [0.25, 0.3) is 11.6 Å². The molecule has 0 saturated heterocycles. The molecule has 2 N–H and O–H groups in total. The molecule has 0 unspecified atom stereocenters. The molecule has 0 fully saturated rings. The number of nitro groups is 1. The fourth-order valence-corrected chi connectivity index (χ4v) is 1.60. The number of benzene rings is 1. The molecule has 0 spiro atoms. The van der Waals surface area contributed by atoms with Crippen molar-refractivity contribution >= 4 is 23.3 Å². The zero-order valence-electron chi connectivity index (χ0n) is 12.9. The number of ether oxygens (including phenoxy) is 1. The van der Waals surface area contributed by atoms with Crippen molar-refractivity contribution in [2.24, 2.45) is 0 Å². The number of esters is 1. The van der Waals surface area contributed by atoms with Gasteiger partial charge in [-0.3, -0.25) is 19.7 Å². The first kappa shape index (κ1) is 18.6. The molecule has 1 aromatic carbocycles. The van der Waals surface area contributed by atoms with E-state index in [9.17, 15) is 19.7 Å². The molecule has 0 aliphatic heterocycles. The first-order valence-corrected chi connectivity index (χ1v) is 7.03. The number of amides is 1. The standard InChI is InChI=1S/C15H16N4O5/c1-2-24-14(20)7-8-17-10-11(9-16)15(21)18-12-3-5-13(6-4-12)19(22)23/h3-6,10,17H,2,7-8H2,1H3,(H,18,21)/b11-10-. The summed E-state index contributed by atoms with van der Waals surface area (Å²) < 4.78 is 4.74. The van der Waals surface area contributed by atoms with Gasteiger partial charge in [-0.05, 0) is 19.1 Å². The zero-order chi connectivity index (χ0) is 17.9. The van der Waals surface area contributed by atoms with Crippen LogP contribution in [0.2, 0.25) is 0 Å². The summed E-state index contributed by atoms with van der Waals surface area (Å²) in [6.45, 7) is 2.20. The van der Waals surface area contributed by atoms with Crippen molar-refractivity contribution < 1.29 is 19.2 Å². The van der Waals surface area contributed by atoms with Gasteiger partial charge in [-0.25, -0.2) is 0 Å². The Morgan fingerprint density at radius 1 is 1.38 bits per heavy atom. The normalized spacial score (nSPS) is 10.4. The van der Waals surface area contributed by atoms with Gasteiger partial charge in [-0.2, -0.15) is 5.26 Å². The SMILES string of the molecule is CCOC(=O)CCN/C=C(/C#N)C(=O)Nc1ccc([N+](=O)[O-])cc1. The van der Waals surface area contributed by atoms with E-state index in [-0.39, 0.29) is 36.8 Å². The summed E-state index contributed by atoms with van der Waals surface area (Å²) in [5.41, 5.74) is 0.0140. The van der Waals surface area contributed by atoms with Crippen LogP contribution in [0, 0.1) is 21.4 Å². The van der Waals surface area contributed by atoms with Gasteiger partial charge in [0.05, 0.1) is 18.0 Å². The van der Waals surface area contributed by atoms with Crippen LogP contribution in [0.25, 0.3) is 0 Å². The molecular formula is C15H16N4O5. The number of nitriles is 1. The maximum absolute atomic E-state index is 11.9. The molecule has 1 amide bonds. The third-order valence-corrected chi connectivity index (χ3v) is 2.73. The molecule has 0 aromatic heterocycles. The number of non-ortho nitro benzene ring substituents is 1. The zero-order valence-corrected chi connectivity index (χ0v) is 12.9. The van der Waals surface area contributed by atoms with Crippen molar-refractivity contribution in [3.63, 3.8) is 0 Å². The molecule has 0 heterocycles. The largest absolute Gasteiger partial charge is 0.466 e. The number of nitro benzene ring substituents is 1. The second kappa shape index (κ2) is 9.58. The van der Waals surface area contributed by atoms with Crippen molar-refractivity contribution in [2.45, 2.75) is 13.3 Å². The average molecular weight is 332 g/mol. The van der Waals surface area contributed by atoms with E-state index in [1.165, 1.54) is 30.5 Å². The van der Waals surface area contributed by atoms with Gasteiger partial charge in [0.15, 0.2) is 0 Å². The smallest absolute Gasteiger partial charge is 0.307 e. The highest BCUT2D eigenvalue weighted by atomic mass is 16.6. The predicted molar refractivity (Wildman–Crippen MR) is 84.7 cm³/mol. The molecule has 0 saturated carbocycles. The van der Waals surface area contributed by atoms with E-state index in [1.807, 2.05) is 0 Å². The molecule has 9 nitrogen and oxygen atoms in total. The number of anilines is 1. The lowest BCUT2D eigenvalue weighted by Crippen LogP contribution is -2.19. The van der Waals surface area contributed by atoms with E-state index < -0.39 is 10.8 Å². The molecular weight excluding hydrogens is 316 g/mol. The highest BCUT2D eigenvalue weighted by Crippen LogP contribution is 2.15. The summed E-state index contributed by atoms with van der Waals surface area (Å²) >= 11 is 0. The Kier molecular flexibility index (Phi) is 7.44. The summed E-state index contributed by atoms with van der Waals surface area (Å²) in [5, 5.41) is 24.7. The Hall–Kier alpha value is -3.41. The molecule has 0 bridgehead atoms. The van der Waals surface area contributed by atoms with Crippen molar-refractivity contribution in [1.29, 1.82) is 5.26 Å². The summed E-state index contributed by atoms with van der Waals surface area (Å²) in [6, 6.07) is 6.93. The van der Waals surface area contributed by atoms with E-state index >= 15 is 0 Å². The van der Waals surface area contributed by atoms with Gasteiger partial charge in [0, 0.05) is 30.6 Å². The first-order valence-electron chi connectivity index (χ1n) is 7.03. The number of hydrogen-bond donors (Lipinski definition) is 2. The van der Waals surface area contributed by atoms with Crippen LogP contribution in [0.15, 0.2) is 36.0 Å². The van der Waals surface area contributed by atoms with Crippen LogP contribution in [-0.4, -0.2) is 30.0 Å². The number of rotatable bonds is 8. The molecule has 1 aromatic rings. The lowest BCUT2D eigenvalue weighted by atomic mass is 10.2. The molecule has 126 valence electrons. The van der Waals surface area contributed by atoms with Crippen LogP contribution >= 0.6 is 0 Å². The van der Waals surface area contributed by atoms with Crippen LogP contribution in [-0.2, 0) is 14.3 Å². The van der Waals surface area contributed by atoms with E-state index in [0.29, 0.717) is 5.69 Å². The Labute approximate surface area is 138 Å². The fraction of sp³-hybridized carbons (Fsp3) is 0.267. The van der Waals surface area contributed by atoms with E-state index in [4.69, 9.17) is 10.00 Å². The number of nitrogens with one attached hydrogen (secondary N) is 2. The summed E-state index contributed by atoms with van der Waals surface area (Å²) in [5.74, 6) is -1.05. The third kappa shape index (κ3) is 6.15. The van der Waals surface area contributed by atoms with Gasteiger partial charge >= 0.3 is 5.97 Å².